The highest BCUT2D eigenvalue weighted by atomic mass is 15.1. The molecule has 2 aliphatic carbocycles. The van der Waals surface area contributed by atoms with E-state index in [4.69, 9.17) is 0 Å². The number of hydrogen-bond donors (Lipinski definition) is 0. The molecule has 0 saturated heterocycles. The summed E-state index contributed by atoms with van der Waals surface area (Å²) in [5, 5.41) is 0. The summed E-state index contributed by atoms with van der Waals surface area (Å²) in [7, 11) is 0. The molecule has 1 unspecified atom stereocenters. The van der Waals surface area contributed by atoms with Gasteiger partial charge in [-0.15, -0.1) is 0 Å². The van der Waals surface area contributed by atoms with E-state index >= 15 is 0 Å². The minimum Gasteiger partial charge on any atom is -0.363 e. The fourth-order valence-corrected chi connectivity index (χ4v) is 3.65. The quantitative estimate of drug-likeness (QED) is 0.801. The number of benzene rings is 1. The Hall–Kier alpha value is -2.35. The molecule has 2 atom stereocenters. The maximum Gasteiger partial charge on any atom is 0.0433 e. The van der Waals surface area contributed by atoms with Crippen LogP contribution in [0.3, 0.4) is 0 Å². The summed E-state index contributed by atoms with van der Waals surface area (Å²) in [6.45, 7) is 1.94. The lowest BCUT2D eigenvalue weighted by Gasteiger charge is -2.40. The van der Waals surface area contributed by atoms with Gasteiger partial charge in [-0.25, -0.2) is 0 Å². The van der Waals surface area contributed by atoms with Crippen molar-refractivity contribution in [3.8, 4) is 0 Å². The predicted molar refractivity (Wildman–Crippen MR) is 95.2 cm³/mol. The fourth-order valence-electron chi connectivity index (χ4n) is 3.65. The Kier molecular flexibility index (Phi) is 3.97. The highest BCUT2D eigenvalue weighted by Crippen LogP contribution is 2.43. The van der Waals surface area contributed by atoms with Crippen LogP contribution in [0.15, 0.2) is 78.7 Å². The van der Waals surface area contributed by atoms with E-state index in [1.807, 2.05) is 12.4 Å². The lowest BCUT2D eigenvalue weighted by molar-refractivity contribution is 0.263. The van der Waals surface area contributed by atoms with Crippen molar-refractivity contribution in [2.45, 2.75) is 19.4 Å². The van der Waals surface area contributed by atoms with E-state index in [1.165, 1.54) is 24.1 Å². The first kappa shape index (κ1) is 14.3. The Morgan fingerprint density at radius 2 is 1.78 bits per heavy atom. The predicted octanol–water partition coefficient (Wildman–Crippen LogP) is 4.61. The number of fused-ring (bicyclic) bond motifs is 1. The van der Waals surface area contributed by atoms with Crippen molar-refractivity contribution in [2.24, 2.45) is 11.8 Å². The van der Waals surface area contributed by atoms with E-state index < -0.39 is 0 Å². The Morgan fingerprint density at radius 1 is 0.957 bits per heavy atom. The third-order valence-corrected chi connectivity index (χ3v) is 5.09. The van der Waals surface area contributed by atoms with E-state index in [0.717, 1.165) is 24.9 Å². The smallest absolute Gasteiger partial charge is 0.0433 e. The standard InChI is InChI=1S/C21H22N2/c1-2-5-17(6-3-1)15-23(20-11-13-22-14-12-20)16-19-8-4-7-18-9-10-21(18)19/h1-8,11-14,18,21H,9-10,15-16H2/t18?,21-/m0/s1. The SMILES string of the molecule is C1=CC2CC[C@@H]2C(CN(Cc2ccccc2)c2ccncc2)=C1. The highest BCUT2D eigenvalue weighted by Gasteiger charge is 2.33. The van der Waals surface area contributed by atoms with Gasteiger partial charge in [0.2, 0.25) is 0 Å². The van der Waals surface area contributed by atoms with Gasteiger partial charge in [-0.2, -0.15) is 0 Å². The molecule has 1 saturated carbocycles. The molecule has 4 rings (SSSR count). The summed E-state index contributed by atoms with van der Waals surface area (Å²) >= 11 is 0. The number of rotatable bonds is 5. The Labute approximate surface area is 138 Å². The lowest BCUT2D eigenvalue weighted by atomic mass is 9.67. The summed E-state index contributed by atoms with van der Waals surface area (Å²) < 4.78 is 0. The van der Waals surface area contributed by atoms with Crippen LogP contribution in [0, 0.1) is 11.8 Å². The van der Waals surface area contributed by atoms with Crippen LogP contribution in [0.5, 0.6) is 0 Å². The van der Waals surface area contributed by atoms with Gasteiger partial charge in [0.25, 0.3) is 0 Å². The molecular formula is C21H22N2. The van der Waals surface area contributed by atoms with Crippen LogP contribution in [-0.4, -0.2) is 11.5 Å². The lowest BCUT2D eigenvalue weighted by Crippen LogP contribution is -2.34. The normalized spacial score (nSPS) is 22.0. The average Bonchev–Trinajstić information content (AvgIpc) is 2.58. The van der Waals surface area contributed by atoms with E-state index in [9.17, 15) is 0 Å². The van der Waals surface area contributed by atoms with Crippen molar-refractivity contribution in [3.63, 3.8) is 0 Å². The summed E-state index contributed by atoms with van der Waals surface area (Å²) in [5.41, 5.74) is 4.17. The summed E-state index contributed by atoms with van der Waals surface area (Å²) in [6.07, 6.45) is 13.4. The molecule has 1 fully saturated rings. The van der Waals surface area contributed by atoms with Gasteiger partial charge in [0.15, 0.2) is 0 Å². The molecule has 1 aromatic heterocycles. The Morgan fingerprint density at radius 3 is 2.52 bits per heavy atom. The largest absolute Gasteiger partial charge is 0.363 e. The summed E-state index contributed by atoms with van der Waals surface area (Å²) in [4.78, 5) is 6.64. The van der Waals surface area contributed by atoms with Crippen LogP contribution in [0.4, 0.5) is 5.69 Å². The Balaban J connectivity index is 1.58. The van der Waals surface area contributed by atoms with E-state index in [2.05, 4.69) is 70.6 Å². The van der Waals surface area contributed by atoms with Crippen molar-refractivity contribution in [3.05, 3.63) is 84.2 Å². The molecule has 2 aliphatic rings. The fraction of sp³-hybridized carbons (Fsp3) is 0.286. The van der Waals surface area contributed by atoms with E-state index in [1.54, 1.807) is 5.57 Å². The summed E-state index contributed by atoms with van der Waals surface area (Å²) in [5.74, 6) is 1.55. The first-order valence-corrected chi connectivity index (χ1v) is 8.46. The van der Waals surface area contributed by atoms with Gasteiger partial charge in [0, 0.05) is 31.2 Å². The zero-order chi connectivity index (χ0) is 15.5. The number of anilines is 1. The second-order valence-corrected chi connectivity index (χ2v) is 6.52. The number of aromatic nitrogens is 1. The number of allylic oxidation sites excluding steroid dienone is 3. The molecule has 1 aromatic carbocycles. The first-order chi connectivity index (χ1) is 11.4. The van der Waals surface area contributed by atoms with Crippen molar-refractivity contribution >= 4 is 5.69 Å². The van der Waals surface area contributed by atoms with Crippen LogP contribution >= 0.6 is 0 Å². The third kappa shape index (κ3) is 3.07. The topological polar surface area (TPSA) is 16.1 Å². The first-order valence-electron chi connectivity index (χ1n) is 8.46. The van der Waals surface area contributed by atoms with Crippen LogP contribution in [0.25, 0.3) is 0 Å². The Bertz CT molecular complexity index is 703. The molecule has 2 nitrogen and oxygen atoms in total. The molecule has 1 heterocycles. The van der Waals surface area contributed by atoms with Crippen LogP contribution < -0.4 is 4.90 Å². The number of nitrogens with zero attached hydrogens (tertiary/aromatic N) is 2. The molecule has 0 bridgehead atoms. The molecular weight excluding hydrogens is 280 g/mol. The van der Waals surface area contributed by atoms with Gasteiger partial charge in [-0.3, -0.25) is 4.98 Å². The van der Waals surface area contributed by atoms with Gasteiger partial charge in [0.1, 0.15) is 0 Å². The molecule has 2 aromatic rings. The van der Waals surface area contributed by atoms with E-state index in [-0.39, 0.29) is 0 Å². The minimum atomic E-state index is 0.764. The second-order valence-electron chi connectivity index (χ2n) is 6.52. The van der Waals surface area contributed by atoms with Crippen LogP contribution in [-0.2, 0) is 6.54 Å². The number of hydrogen-bond acceptors (Lipinski definition) is 2. The monoisotopic (exact) mass is 302 g/mol. The minimum absolute atomic E-state index is 0.764. The average molecular weight is 302 g/mol. The van der Waals surface area contributed by atoms with Gasteiger partial charge >= 0.3 is 0 Å². The van der Waals surface area contributed by atoms with Gasteiger partial charge in [-0.1, -0.05) is 48.6 Å². The third-order valence-electron chi connectivity index (χ3n) is 5.09. The van der Waals surface area contributed by atoms with Gasteiger partial charge in [-0.05, 0) is 47.9 Å². The molecule has 0 amide bonds. The molecule has 116 valence electrons. The van der Waals surface area contributed by atoms with Crippen molar-refractivity contribution in [2.75, 3.05) is 11.4 Å². The van der Waals surface area contributed by atoms with Crippen molar-refractivity contribution in [1.82, 2.24) is 4.98 Å². The summed E-state index contributed by atoms with van der Waals surface area (Å²) in [6, 6.07) is 14.9. The zero-order valence-corrected chi connectivity index (χ0v) is 13.3. The van der Waals surface area contributed by atoms with Crippen molar-refractivity contribution in [1.29, 1.82) is 0 Å². The molecule has 23 heavy (non-hydrogen) atoms. The maximum atomic E-state index is 4.17. The van der Waals surface area contributed by atoms with Crippen molar-refractivity contribution < 1.29 is 0 Å². The second kappa shape index (κ2) is 6.41. The molecule has 0 aliphatic heterocycles. The van der Waals surface area contributed by atoms with Gasteiger partial charge in [0.05, 0.1) is 0 Å². The highest BCUT2D eigenvalue weighted by molar-refractivity contribution is 5.48. The molecule has 0 N–H and O–H groups in total. The van der Waals surface area contributed by atoms with Gasteiger partial charge < -0.3 is 4.90 Å². The number of pyridine rings is 1. The molecule has 2 heteroatoms. The zero-order valence-electron chi connectivity index (χ0n) is 13.3. The van der Waals surface area contributed by atoms with Crippen LogP contribution in [0.1, 0.15) is 18.4 Å². The van der Waals surface area contributed by atoms with Crippen LogP contribution in [0.2, 0.25) is 0 Å². The molecule has 0 radical (unpaired) electrons. The maximum absolute atomic E-state index is 4.17. The molecule has 0 spiro atoms. The van der Waals surface area contributed by atoms with E-state index in [0.29, 0.717) is 0 Å².